The van der Waals surface area contributed by atoms with Crippen LogP contribution in [0.3, 0.4) is 0 Å². The third-order valence-electron chi connectivity index (χ3n) is 3.34. The highest BCUT2D eigenvalue weighted by Gasteiger charge is 2.12. The van der Waals surface area contributed by atoms with Crippen molar-refractivity contribution in [2.24, 2.45) is 0 Å². The van der Waals surface area contributed by atoms with Crippen LogP contribution in [0.4, 0.5) is 5.69 Å². The molecule has 23 heavy (non-hydrogen) atoms. The number of nitrogens with one attached hydrogen (secondary N) is 1. The molecule has 2 aromatic carbocycles. The Morgan fingerprint density at radius 3 is 2.30 bits per heavy atom. The van der Waals surface area contributed by atoms with Gasteiger partial charge in [0.2, 0.25) is 10.0 Å². The highest BCUT2D eigenvalue weighted by molar-refractivity contribution is 7.92. The van der Waals surface area contributed by atoms with E-state index in [4.69, 9.17) is 9.47 Å². The molecule has 2 rings (SSSR count). The maximum absolute atomic E-state index is 12.1. The van der Waals surface area contributed by atoms with Crippen LogP contribution in [0, 0.1) is 0 Å². The largest absolute Gasteiger partial charge is 0.497 e. The van der Waals surface area contributed by atoms with Gasteiger partial charge in [0.1, 0.15) is 23.9 Å². The highest BCUT2D eigenvalue weighted by Crippen LogP contribution is 2.18. The van der Waals surface area contributed by atoms with Crippen molar-refractivity contribution in [1.29, 1.82) is 0 Å². The molecule has 0 aliphatic rings. The lowest BCUT2D eigenvalue weighted by molar-refractivity contribution is 0.340. The van der Waals surface area contributed by atoms with E-state index >= 15 is 0 Å². The van der Waals surface area contributed by atoms with E-state index in [9.17, 15) is 8.42 Å². The summed E-state index contributed by atoms with van der Waals surface area (Å²) in [6.45, 7) is 2.07. The van der Waals surface area contributed by atoms with Gasteiger partial charge in [-0.25, -0.2) is 8.42 Å². The van der Waals surface area contributed by atoms with Gasteiger partial charge in [-0.2, -0.15) is 0 Å². The van der Waals surface area contributed by atoms with Crippen molar-refractivity contribution in [3.63, 3.8) is 0 Å². The second-order valence-corrected chi connectivity index (χ2v) is 6.80. The summed E-state index contributed by atoms with van der Waals surface area (Å²) in [5.74, 6) is 1.22. The van der Waals surface area contributed by atoms with Gasteiger partial charge in [-0.15, -0.1) is 0 Å². The molecule has 2 aromatic rings. The number of para-hydroxylation sites is 1. The smallest absolute Gasteiger partial charge is 0.236 e. The van der Waals surface area contributed by atoms with Gasteiger partial charge >= 0.3 is 0 Å². The summed E-state index contributed by atoms with van der Waals surface area (Å²) in [5.41, 5.74) is 1.59. The zero-order chi connectivity index (χ0) is 16.7. The van der Waals surface area contributed by atoms with Crippen LogP contribution in [0.5, 0.6) is 11.5 Å². The fraction of sp³-hybridized carbons (Fsp3) is 0.294. The Kier molecular flexibility index (Phi) is 5.87. The second-order valence-electron chi connectivity index (χ2n) is 4.96. The third kappa shape index (κ3) is 5.17. The first-order chi connectivity index (χ1) is 11.0. The first-order valence-corrected chi connectivity index (χ1v) is 9.04. The molecule has 0 saturated carbocycles. The average Bonchev–Trinajstić information content (AvgIpc) is 2.55. The minimum absolute atomic E-state index is 0.0793. The minimum Gasteiger partial charge on any atom is -0.497 e. The van der Waals surface area contributed by atoms with Crippen molar-refractivity contribution in [1.82, 2.24) is 0 Å². The summed E-state index contributed by atoms with van der Waals surface area (Å²) in [5, 5.41) is 0. The lowest BCUT2D eigenvalue weighted by atomic mass is 10.1. The van der Waals surface area contributed by atoms with Gasteiger partial charge in [0.25, 0.3) is 0 Å². The first-order valence-electron chi connectivity index (χ1n) is 7.39. The molecule has 0 radical (unpaired) electrons. The number of rotatable bonds is 8. The summed E-state index contributed by atoms with van der Waals surface area (Å²) in [6, 6.07) is 14.4. The Balaban J connectivity index is 1.90. The van der Waals surface area contributed by atoms with Gasteiger partial charge in [-0.3, -0.25) is 4.72 Å². The molecular formula is C17H21NO4S. The molecule has 0 atom stereocenters. The van der Waals surface area contributed by atoms with Crippen LogP contribution in [0.1, 0.15) is 12.5 Å². The van der Waals surface area contributed by atoms with E-state index in [0.29, 0.717) is 11.4 Å². The number of anilines is 1. The molecule has 1 N–H and O–H groups in total. The monoisotopic (exact) mass is 335 g/mol. The molecule has 0 saturated heterocycles. The summed E-state index contributed by atoms with van der Waals surface area (Å²) >= 11 is 0. The van der Waals surface area contributed by atoms with E-state index in [2.05, 4.69) is 4.72 Å². The molecule has 0 amide bonds. The van der Waals surface area contributed by atoms with Gasteiger partial charge < -0.3 is 9.47 Å². The van der Waals surface area contributed by atoms with Crippen LogP contribution >= 0.6 is 0 Å². The molecule has 0 aliphatic carbocycles. The molecule has 0 fully saturated rings. The van der Waals surface area contributed by atoms with Gasteiger partial charge in [0.05, 0.1) is 12.8 Å². The fourth-order valence-corrected chi connectivity index (χ4v) is 3.03. The lowest BCUT2D eigenvalue weighted by Gasteiger charge is -2.12. The van der Waals surface area contributed by atoms with Gasteiger partial charge in [0.15, 0.2) is 0 Å². The van der Waals surface area contributed by atoms with Crippen molar-refractivity contribution in [2.75, 3.05) is 24.2 Å². The van der Waals surface area contributed by atoms with Crippen molar-refractivity contribution in [3.05, 3.63) is 54.1 Å². The first kappa shape index (κ1) is 17.1. The third-order valence-corrected chi connectivity index (χ3v) is 4.58. The van der Waals surface area contributed by atoms with Gasteiger partial charge in [0, 0.05) is 0 Å². The molecule has 0 spiro atoms. The van der Waals surface area contributed by atoms with E-state index < -0.39 is 10.0 Å². The molecular weight excluding hydrogens is 314 g/mol. The number of benzene rings is 2. The number of hydrogen-bond donors (Lipinski definition) is 1. The SMILES string of the molecule is CCc1ccccc1NS(=O)(=O)CCOc1ccc(OC)cc1. The highest BCUT2D eigenvalue weighted by atomic mass is 32.2. The number of aryl methyl sites for hydroxylation is 1. The normalized spacial score (nSPS) is 11.0. The van der Waals surface area contributed by atoms with E-state index in [0.717, 1.165) is 17.7 Å². The predicted octanol–water partition coefficient (Wildman–Crippen LogP) is 3.08. The van der Waals surface area contributed by atoms with E-state index in [1.807, 2.05) is 25.1 Å². The van der Waals surface area contributed by atoms with Crippen LogP contribution in [0.15, 0.2) is 48.5 Å². The molecule has 0 heterocycles. The molecule has 0 aliphatic heterocycles. The Hall–Kier alpha value is -2.21. The van der Waals surface area contributed by atoms with Gasteiger partial charge in [-0.1, -0.05) is 25.1 Å². The Bertz CT molecular complexity index is 727. The van der Waals surface area contributed by atoms with Crippen molar-refractivity contribution >= 4 is 15.7 Å². The maximum atomic E-state index is 12.1. The zero-order valence-electron chi connectivity index (χ0n) is 13.3. The maximum Gasteiger partial charge on any atom is 0.236 e. The van der Waals surface area contributed by atoms with Crippen LogP contribution in [0.25, 0.3) is 0 Å². The molecule has 0 bridgehead atoms. The predicted molar refractivity (Wildman–Crippen MR) is 91.7 cm³/mol. The van der Waals surface area contributed by atoms with Crippen LogP contribution in [0.2, 0.25) is 0 Å². The minimum atomic E-state index is -3.45. The summed E-state index contributed by atoms with van der Waals surface area (Å²) in [6.07, 6.45) is 0.765. The van der Waals surface area contributed by atoms with Crippen molar-refractivity contribution in [2.45, 2.75) is 13.3 Å². The lowest BCUT2D eigenvalue weighted by Crippen LogP contribution is -2.21. The van der Waals surface area contributed by atoms with Crippen molar-refractivity contribution < 1.29 is 17.9 Å². The number of ether oxygens (including phenoxy) is 2. The van der Waals surface area contributed by atoms with Crippen LogP contribution in [-0.2, 0) is 16.4 Å². The fourth-order valence-electron chi connectivity index (χ4n) is 2.09. The number of sulfonamides is 1. The topological polar surface area (TPSA) is 64.6 Å². The van der Waals surface area contributed by atoms with Crippen molar-refractivity contribution in [3.8, 4) is 11.5 Å². The van der Waals surface area contributed by atoms with Gasteiger partial charge in [-0.05, 0) is 42.3 Å². The molecule has 5 nitrogen and oxygen atoms in total. The molecule has 0 aromatic heterocycles. The number of methoxy groups -OCH3 is 1. The second kappa shape index (κ2) is 7.87. The molecule has 6 heteroatoms. The van der Waals surface area contributed by atoms with Crippen LogP contribution in [-0.4, -0.2) is 27.9 Å². The average molecular weight is 335 g/mol. The Labute approximate surface area is 137 Å². The summed E-state index contributed by atoms with van der Waals surface area (Å²) in [4.78, 5) is 0. The summed E-state index contributed by atoms with van der Waals surface area (Å²) in [7, 11) is -1.86. The zero-order valence-corrected chi connectivity index (χ0v) is 14.1. The molecule has 0 unspecified atom stereocenters. The van der Waals surface area contributed by atoms with E-state index in [1.54, 1.807) is 37.4 Å². The van der Waals surface area contributed by atoms with E-state index in [-0.39, 0.29) is 12.4 Å². The van der Waals surface area contributed by atoms with E-state index in [1.165, 1.54) is 0 Å². The Morgan fingerprint density at radius 2 is 1.65 bits per heavy atom. The quantitative estimate of drug-likeness (QED) is 0.805. The number of hydrogen-bond acceptors (Lipinski definition) is 4. The summed E-state index contributed by atoms with van der Waals surface area (Å²) < 4.78 is 37.4. The Morgan fingerprint density at radius 1 is 1.00 bits per heavy atom. The van der Waals surface area contributed by atoms with Crippen LogP contribution < -0.4 is 14.2 Å². The standard InChI is InChI=1S/C17H21NO4S/c1-3-14-6-4-5-7-17(14)18-23(19,20)13-12-22-16-10-8-15(21-2)9-11-16/h4-11,18H,3,12-13H2,1-2H3. The molecule has 124 valence electrons.